The van der Waals surface area contributed by atoms with Crippen molar-refractivity contribution in [3.63, 3.8) is 0 Å². The highest BCUT2D eigenvalue weighted by atomic mass is 16.7. The fourth-order valence-electron chi connectivity index (χ4n) is 8.03. The number of amides is 1. The number of aliphatic hydroxyl groups excluding tert-OH is 8. The molecule has 0 spiro atoms. The SMILES string of the molecule is CC/C=C\C/C=C\C/C=C\CCCCCCCCCC(=O)NC(COC1OC(CO)C(OC2OC(CO)C(O)C(O)C2O)C(O)C1O)C(O)/C=C/CC/C=C/CCCCCCCCCCC. The summed E-state index contributed by atoms with van der Waals surface area (Å²) in [4.78, 5) is 13.2. The topological polar surface area (TPSA) is 228 Å². The van der Waals surface area contributed by atoms with Gasteiger partial charge in [0, 0.05) is 6.42 Å². The molecule has 2 heterocycles. The lowest BCUT2D eigenvalue weighted by Crippen LogP contribution is -2.65. The van der Waals surface area contributed by atoms with Crippen molar-refractivity contribution < 1.29 is 64.6 Å². The molecule has 0 bridgehead atoms. The van der Waals surface area contributed by atoms with Crippen molar-refractivity contribution in [3.05, 3.63) is 60.8 Å². The summed E-state index contributed by atoms with van der Waals surface area (Å²) in [5, 5.41) is 86.7. The number of nitrogens with one attached hydrogen (secondary N) is 1. The Morgan fingerprint density at radius 1 is 0.561 bits per heavy atom. The number of hydrogen-bond donors (Lipinski definition) is 9. The third-order valence-corrected chi connectivity index (χ3v) is 12.2. The molecule has 1 amide bonds. The molecular formula is C52H91NO13. The molecule has 12 atom stereocenters. The van der Waals surface area contributed by atoms with Gasteiger partial charge in [0.25, 0.3) is 0 Å². The first-order chi connectivity index (χ1) is 32.1. The molecule has 12 unspecified atom stereocenters. The molecule has 0 aromatic carbocycles. The molecule has 0 radical (unpaired) electrons. The number of aliphatic hydroxyl groups is 8. The molecule has 14 heteroatoms. The Balaban J connectivity index is 1.87. The Kier molecular flexibility index (Phi) is 34.9. The highest BCUT2D eigenvalue weighted by Gasteiger charge is 2.51. The van der Waals surface area contributed by atoms with Gasteiger partial charge in [-0.05, 0) is 64.2 Å². The minimum Gasteiger partial charge on any atom is -0.394 e. The van der Waals surface area contributed by atoms with E-state index in [9.17, 15) is 45.6 Å². The fourth-order valence-corrected chi connectivity index (χ4v) is 8.03. The van der Waals surface area contributed by atoms with Crippen LogP contribution in [0.3, 0.4) is 0 Å². The van der Waals surface area contributed by atoms with Crippen molar-refractivity contribution >= 4 is 5.91 Å². The first-order valence-corrected chi connectivity index (χ1v) is 25.5. The van der Waals surface area contributed by atoms with Crippen molar-refractivity contribution in [1.82, 2.24) is 5.32 Å². The Morgan fingerprint density at radius 2 is 1.06 bits per heavy atom. The van der Waals surface area contributed by atoms with Crippen LogP contribution in [0.1, 0.15) is 168 Å². The monoisotopic (exact) mass is 938 g/mol. The van der Waals surface area contributed by atoms with Crippen LogP contribution < -0.4 is 5.32 Å². The number of ether oxygens (including phenoxy) is 4. The lowest BCUT2D eigenvalue weighted by Gasteiger charge is -2.46. The van der Waals surface area contributed by atoms with E-state index >= 15 is 0 Å². The summed E-state index contributed by atoms with van der Waals surface area (Å²) in [6.07, 6.45) is 29.7. The molecule has 2 rings (SSSR count). The van der Waals surface area contributed by atoms with Crippen molar-refractivity contribution in [2.75, 3.05) is 19.8 Å². The molecule has 2 aliphatic rings. The Morgan fingerprint density at radius 3 is 1.67 bits per heavy atom. The number of hydrogen-bond acceptors (Lipinski definition) is 13. The molecule has 0 aromatic heterocycles. The fraction of sp³-hybridized carbons (Fsp3) is 0.788. The highest BCUT2D eigenvalue weighted by Crippen LogP contribution is 2.30. The summed E-state index contributed by atoms with van der Waals surface area (Å²) < 4.78 is 22.7. The van der Waals surface area contributed by atoms with E-state index in [1.54, 1.807) is 6.08 Å². The molecule has 9 N–H and O–H groups in total. The van der Waals surface area contributed by atoms with Crippen molar-refractivity contribution in [2.45, 2.75) is 242 Å². The van der Waals surface area contributed by atoms with Gasteiger partial charge in [0.1, 0.15) is 48.8 Å². The third kappa shape index (κ3) is 25.3. The smallest absolute Gasteiger partial charge is 0.220 e. The molecule has 2 saturated heterocycles. The van der Waals surface area contributed by atoms with Gasteiger partial charge >= 0.3 is 0 Å². The lowest BCUT2D eigenvalue weighted by molar-refractivity contribution is -0.359. The van der Waals surface area contributed by atoms with Crippen molar-refractivity contribution in [2.24, 2.45) is 0 Å². The third-order valence-electron chi connectivity index (χ3n) is 12.2. The van der Waals surface area contributed by atoms with Gasteiger partial charge in [-0.1, -0.05) is 158 Å². The van der Waals surface area contributed by atoms with E-state index in [0.717, 1.165) is 70.6 Å². The minimum absolute atomic E-state index is 0.260. The van der Waals surface area contributed by atoms with Crippen LogP contribution in [0.25, 0.3) is 0 Å². The quantitative estimate of drug-likeness (QED) is 0.0234. The average molecular weight is 938 g/mol. The number of allylic oxidation sites excluding steroid dienone is 9. The van der Waals surface area contributed by atoms with Crippen molar-refractivity contribution in [1.29, 1.82) is 0 Å². The molecule has 66 heavy (non-hydrogen) atoms. The zero-order chi connectivity index (χ0) is 48.2. The van der Waals surface area contributed by atoms with Crippen LogP contribution >= 0.6 is 0 Å². The van der Waals surface area contributed by atoms with E-state index in [1.165, 1.54) is 64.2 Å². The number of unbranched alkanes of at least 4 members (excludes halogenated alkanes) is 17. The summed E-state index contributed by atoms with van der Waals surface area (Å²) >= 11 is 0. The zero-order valence-electron chi connectivity index (χ0n) is 40.4. The van der Waals surface area contributed by atoms with Crippen LogP contribution in [0.4, 0.5) is 0 Å². The second kappa shape index (κ2) is 38.5. The predicted octanol–water partition coefficient (Wildman–Crippen LogP) is 6.66. The molecule has 2 fully saturated rings. The summed E-state index contributed by atoms with van der Waals surface area (Å²) in [7, 11) is 0. The summed E-state index contributed by atoms with van der Waals surface area (Å²) in [5.41, 5.74) is 0. The van der Waals surface area contributed by atoms with Crippen LogP contribution in [-0.4, -0.2) is 140 Å². The summed E-state index contributed by atoms with van der Waals surface area (Å²) in [6, 6.07) is -0.937. The van der Waals surface area contributed by atoms with E-state index in [2.05, 4.69) is 67.8 Å². The molecule has 382 valence electrons. The van der Waals surface area contributed by atoms with E-state index < -0.39 is 86.8 Å². The Hall–Kier alpha value is -2.31. The molecule has 14 nitrogen and oxygen atoms in total. The van der Waals surface area contributed by atoms with Gasteiger partial charge in [-0.15, -0.1) is 0 Å². The second-order valence-corrected chi connectivity index (χ2v) is 17.9. The number of carbonyl (C=O) groups excluding carboxylic acids is 1. The van der Waals surface area contributed by atoms with Crippen LogP contribution in [0.5, 0.6) is 0 Å². The number of carbonyl (C=O) groups is 1. The molecule has 0 aliphatic carbocycles. The van der Waals surface area contributed by atoms with E-state index in [4.69, 9.17) is 18.9 Å². The van der Waals surface area contributed by atoms with Gasteiger partial charge in [-0.2, -0.15) is 0 Å². The zero-order valence-corrected chi connectivity index (χ0v) is 40.4. The van der Waals surface area contributed by atoms with Crippen LogP contribution in [0, 0.1) is 0 Å². The summed E-state index contributed by atoms with van der Waals surface area (Å²) in [5.74, 6) is -0.263. The predicted molar refractivity (Wildman–Crippen MR) is 258 cm³/mol. The van der Waals surface area contributed by atoms with E-state index in [-0.39, 0.29) is 18.9 Å². The van der Waals surface area contributed by atoms with E-state index in [1.807, 2.05) is 6.08 Å². The molecule has 0 saturated carbocycles. The van der Waals surface area contributed by atoms with Gasteiger partial charge in [0.05, 0.1) is 32.0 Å². The number of rotatable bonds is 38. The molecule has 0 aromatic rings. The van der Waals surface area contributed by atoms with Gasteiger partial charge in [0.2, 0.25) is 5.91 Å². The maximum absolute atomic E-state index is 13.2. The van der Waals surface area contributed by atoms with Gasteiger partial charge in [0.15, 0.2) is 12.6 Å². The minimum atomic E-state index is -1.79. The normalized spacial score (nSPS) is 27.3. The Labute approximate surface area is 396 Å². The molecule has 2 aliphatic heterocycles. The van der Waals surface area contributed by atoms with E-state index in [0.29, 0.717) is 12.8 Å². The van der Waals surface area contributed by atoms with Crippen molar-refractivity contribution in [3.8, 4) is 0 Å². The molecular weight excluding hydrogens is 847 g/mol. The average Bonchev–Trinajstić information content (AvgIpc) is 3.31. The first kappa shape index (κ1) is 59.8. The second-order valence-electron chi connectivity index (χ2n) is 17.9. The lowest BCUT2D eigenvalue weighted by atomic mass is 9.97. The van der Waals surface area contributed by atoms with Crippen LogP contribution in [0.2, 0.25) is 0 Å². The first-order valence-electron chi connectivity index (χ1n) is 25.5. The Bertz CT molecular complexity index is 1340. The van der Waals surface area contributed by atoms with Crippen LogP contribution in [0.15, 0.2) is 60.8 Å². The van der Waals surface area contributed by atoms with Gasteiger partial charge < -0.3 is 65.1 Å². The van der Waals surface area contributed by atoms with Crippen LogP contribution in [-0.2, 0) is 23.7 Å². The van der Waals surface area contributed by atoms with Gasteiger partial charge in [-0.25, -0.2) is 0 Å². The highest BCUT2D eigenvalue weighted by molar-refractivity contribution is 5.76. The standard InChI is InChI=1S/C52H91NO13/c1-3-5-7-9-11-13-15-17-19-20-22-24-26-28-30-32-34-36-44(57)53-40(41(56)35-33-31-29-27-25-23-21-18-16-14-12-10-8-6-4-2)39-63-51-49(62)47(60)50(43(38-55)65-51)66-52-48(61)46(59)45(58)42(37-54)64-52/h5,7,11,13,17,19,25,27,33,35,40-43,45-52,54-56,58-62H,3-4,6,8-10,12,14-16,18,20-24,26,28-32,34,36-39H2,1-2H3,(H,53,57)/b7-5-,13-11-,19-17-,27-25+,35-33+. The maximum Gasteiger partial charge on any atom is 0.220 e. The summed E-state index contributed by atoms with van der Waals surface area (Å²) in [6.45, 7) is 2.63. The largest absolute Gasteiger partial charge is 0.394 e. The maximum atomic E-state index is 13.2. The van der Waals surface area contributed by atoms with Gasteiger partial charge in [-0.3, -0.25) is 4.79 Å².